The predicted molar refractivity (Wildman–Crippen MR) is 161 cm³/mol. The lowest BCUT2D eigenvalue weighted by molar-refractivity contribution is 0.0372. The van der Waals surface area contributed by atoms with Crippen LogP contribution in [0.5, 0.6) is 0 Å². The summed E-state index contributed by atoms with van der Waals surface area (Å²) < 4.78 is 7.30. The number of hydrogen-bond donors (Lipinski definition) is 2. The fourth-order valence-electron chi connectivity index (χ4n) is 5.47. The Bertz CT molecular complexity index is 1580. The molecule has 0 atom stereocenters. The van der Waals surface area contributed by atoms with Crippen LogP contribution in [0, 0.1) is 13.8 Å². The number of aromatic amines is 1. The Labute approximate surface area is 240 Å². The quantitative estimate of drug-likeness (QED) is 0.277. The van der Waals surface area contributed by atoms with Gasteiger partial charge in [0, 0.05) is 42.5 Å². The highest BCUT2D eigenvalue weighted by molar-refractivity contribution is 6.06. The van der Waals surface area contributed by atoms with E-state index in [0.717, 1.165) is 74.6 Å². The molecule has 3 aromatic heterocycles. The van der Waals surface area contributed by atoms with Gasteiger partial charge in [0.1, 0.15) is 0 Å². The number of aromatic nitrogens is 4. The van der Waals surface area contributed by atoms with Crippen molar-refractivity contribution < 1.29 is 9.53 Å². The summed E-state index contributed by atoms with van der Waals surface area (Å²) in [5, 5.41) is 8.19. The predicted octanol–water partition coefficient (Wildman–Crippen LogP) is 4.57. The molecule has 216 valence electrons. The van der Waals surface area contributed by atoms with Crippen LogP contribution in [0.3, 0.4) is 0 Å². The molecule has 0 bridgehead atoms. The fourth-order valence-corrected chi connectivity index (χ4v) is 5.47. The van der Waals surface area contributed by atoms with Crippen LogP contribution in [0.1, 0.15) is 65.5 Å². The second-order valence-corrected chi connectivity index (χ2v) is 11.2. The molecule has 0 aliphatic carbocycles. The molecule has 0 unspecified atom stereocenters. The van der Waals surface area contributed by atoms with Gasteiger partial charge < -0.3 is 15.0 Å². The summed E-state index contributed by atoms with van der Waals surface area (Å²) in [4.78, 5) is 36.3. The molecule has 1 saturated heterocycles. The Balaban J connectivity index is 1.38. The lowest BCUT2D eigenvalue weighted by Crippen LogP contribution is -2.36. The summed E-state index contributed by atoms with van der Waals surface area (Å²) in [6, 6.07) is 12.3. The number of hydrogen-bond acceptors (Lipinski definition) is 6. The standard InChI is InChI=1S/C32H40N6O3/c1-21(2)38-30-28(20-34-38)26(31(39)33-19-27-22(3)16-23(4)35-32(27)40)18-29(36-30)25-10-7-9-24(17-25)8-5-6-11-37-12-14-41-15-13-37/h7,9-10,16-18,20-21H,5-6,8,11-15,19H2,1-4H3,(H,33,39)(H,35,40). The van der Waals surface area contributed by atoms with E-state index in [0.29, 0.717) is 22.2 Å². The maximum atomic E-state index is 13.6. The van der Waals surface area contributed by atoms with Gasteiger partial charge in [-0.1, -0.05) is 18.2 Å². The number of carbonyl (C=O) groups is 1. The first-order valence-electron chi connectivity index (χ1n) is 14.6. The molecule has 0 saturated carbocycles. The normalized spacial score (nSPS) is 14.2. The van der Waals surface area contributed by atoms with E-state index in [2.05, 4.69) is 38.5 Å². The number of carbonyl (C=O) groups excluding carboxylic acids is 1. The highest BCUT2D eigenvalue weighted by Crippen LogP contribution is 2.27. The lowest BCUT2D eigenvalue weighted by Gasteiger charge is -2.26. The van der Waals surface area contributed by atoms with Gasteiger partial charge in [0.15, 0.2) is 5.65 Å². The van der Waals surface area contributed by atoms with Crippen LogP contribution >= 0.6 is 0 Å². The van der Waals surface area contributed by atoms with Crippen LogP contribution in [0.2, 0.25) is 0 Å². The number of pyridine rings is 2. The Morgan fingerprint density at radius 2 is 1.93 bits per heavy atom. The summed E-state index contributed by atoms with van der Waals surface area (Å²) in [5.74, 6) is -0.263. The molecule has 0 spiro atoms. The van der Waals surface area contributed by atoms with E-state index in [1.165, 1.54) is 5.56 Å². The monoisotopic (exact) mass is 556 g/mol. The number of amides is 1. The van der Waals surface area contributed by atoms with Crippen LogP contribution in [0.25, 0.3) is 22.3 Å². The second-order valence-electron chi connectivity index (χ2n) is 11.2. The van der Waals surface area contributed by atoms with Gasteiger partial charge in [0.05, 0.1) is 36.1 Å². The smallest absolute Gasteiger partial charge is 0.253 e. The molecule has 1 aliphatic heterocycles. The van der Waals surface area contributed by atoms with Crippen molar-refractivity contribution in [3.05, 3.63) is 80.9 Å². The first kappa shape index (κ1) is 28.7. The van der Waals surface area contributed by atoms with Crippen molar-refractivity contribution in [1.82, 2.24) is 30.0 Å². The topological polar surface area (TPSA) is 105 Å². The average Bonchev–Trinajstić information content (AvgIpc) is 3.39. The van der Waals surface area contributed by atoms with Crippen LogP contribution in [-0.4, -0.2) is 63.4 Å². The molecule has 2 N–H and O–H groups in total. The summed E-state index contributed by atoms with van der Waals surface area (Å²) in [6.07, 6.45) is 4.95. The van der Waals surface area contributed by atoms with Crippen LogP contribution < -0.4 is 10.9 Å². The molecule has 4 heterocycles. The molecule has 41 heavy (non-hydrogen) atoms. The lowest BCUT2D eigenvalue weighted by atomic mass is 10.0. The Kier molecular flexibility index (Phi) is 8.95. The van der Waals surface area contributed by atoms with E-state index >= 15 is 0 Å². The molecule has 9 nitrogen and oxygen atoms in total. The van der Waals surface area contributed by atoms with E-state index in [1.54, 1.807) is 6.20 Å². The summed E-state index contributed by atoms with van der Waals surface area (Å²) in [5.41, 5.74) is 6.12. The van der Waals surface area contributed by atoms with Crippen molar-refractivity contribution in [2.45, 2.75) is 59.5 Å². The van der Waals surface area contributed by atoms with Crippen LogP contribution in [-0.2, 0) is 17.7 Å². The number of H-pyrrole nitrogens is 1. The number of rotatable bonds is 10. The Morgan fingerprint density at radius 1 is 1.12 bits per heavy atom. The van der Waals surface area contributed by atoms with Crippen molar-refractivity contribution in [3.8, 4) is 11.3 Å². The Hall–Kier alpha value is -3.82. The molecular formula is C32H40N6O3. The molecule has 4 aromatic rings. The van der Waals surface area contributed by atoms with Crippen molar-refractivity contribution in [2.75, 3.05) is 32.8 Å². The summed E-state index contributed by atoms with van der Waals surface area (Å²) in [6.45, 7) is 12.8. The number of aryl methyl sites for hydroxylation is 3. The number of nitrogens with one attached hydrogen (secondary N) is 2. The first-order valence-corrected chi connectivity index (χ1v) is 14.6. The number of morpholine rings is 1. The molecule has 9 heteroatoms. The molecule has 1 aliphatic rings. The number of unbranched alkanes of at least 4 members (excludes halogenated alkanes) is 1. The van der Waals surface area contributed by atoms with Crippen molar-refractivity contribution in [2.24, 2.45) is 0 Å². The molecule has 1 amide bonds. The first-order chi connectivity index (χ1) is 19.8. The summed E-state index contributed by atoms with van der Waals surface area (Å²) in [7, 11) is 0. The summed E-state index contributed by atoms with van der Waals surface area (Å²) >= 11 is 0. The average molecular weight is 557 g/mol. The highest BCUT2D eigenvalue weighted by Gasteiger charge is 2.19. The van der Waals surface area contributed by atoms with Gasteiger partial charge in [-0.15, -0.1) is 0 Å². The van der Waals surface area contributed by atoms with Crippen LogP contribution in [0.15, 0.2) is 47.4 Å². The minimum atomic E-state index is -0.263. The van der Waals surface area contributed by atoms with E-state index in [-0.39, 0.29) is 24.1 Å². The maximum Gasteiger partial charge on any atom is 0.253 e. The third kappa shape index (κ3) is 6.74. The molecular weight excluding hydrogens is 516 g/mol. The van der Waals surface area contributed by atoms with E-state index < -0.39 is 0 Å². The zero-order valence-corrected chi connectivity index (χ0v) is 24.5. The molecule has 5 rings (SSSR count). The van der Waals surface area contributed by atoms with E-state index in [9.17, 15) is 9.59 Å². The SMILES string of the molecule is Cc1cc(C)c(CNC(=O)c2cc(-c3cccc(CCCCN4CCOCC4)c3)nc3c2cnn3C(C)C)c(=O)[nH]1. The van der Waals surface area contributed by atoms with Gasteiger partial charge in [-0.3, -0.25) is 14.5 Å². The fraction of sp³-hybridized carbons (Fsp3) is 0.438. The van der Waals surface area contributed by atoms with Gasteiger partial charge >= 0.3 is 0 Å². The molecule has 1 fully saturated rings. The largest absolute Gasteiger partial charge is 0.379 e. The van der Waals surface area contributed by atoms with E-state index in [4.69, 9.17) is 9.72 Å². The Morgan fingerprint density at radius 3 is 2.68 bits per heavy atom. The highest BCUT2D eigenvalue weighted by atomic mass is 16.5. The zero-order chi connectivity index (χ0) is 28.9. The van der Waals surface area contributed by atoms with Gasteiger partial charge in [-0.25, -0.2) is 9.67 Å². The molecule has 0 radical (unpaired) electrons. The second kappa shape index (κ2) is 12.8. The number of ether oxygens (including phenoxy) is 1. The maximum absolute atomic E-state index is 13.6. The third-order valence-electron chi connectivity index (χ3n) is 7.74. The van der Waals surface area contributed by atoms with Gasteiger partial charge in [-0.05, 0) is 82.8 Å². The van der Waals surface area contributed by atoms with Gasteiger partial charge in [-0.2, -0.15) is 5.10 Å². The van der Waals surface area contributed by atoms with Gasteiger partial charge in [0.25, 0.3) is 11.5 Å². The van der Waals surface area contributed by atoms with Crippen molar-refractivity contribution >= 4 is 16.9 Å². The number of benzene rings is 1. The molecule has 1 aromatic carbocycles. The zero-order valence-electron chi connectivity index (χ0n) is 24.5. The van der Waals surface area contributed by atoms with Crippen molar-refractivity contribution in [1.29, 1.82) is 0 Å². The van der Waals surface area contributed by atoms with Crippen LogP contribution in [0.4, 0.5) is 0 Å². The van der Waals surface area contributed by atoms with Crippen molar-refractivity contribution in [3.63, 3.8) is 0 Å². The van der Waals surface area contributed by atoms with Gasteiger partial charge in [0.2, 0.25) is 0 Å². The minimum absolute atomic E-state index is 0.0812. The number of nitrogens with zero attached hydrogens (tertiary/aromatic N) is 4. The minimum Gasteiger partial charge on any atom is -0.379 e. The third-order valence-corrected chi connectivity index (χ3v) is 7.74. The van der Waals surface area contributed by atoms with E-state index in [1.807, 2.05) is 50.6 Å². The number of fused-ring (bicyclic) bond motifs is 1.